The zero-order valence-electron chi connectivity index (χ0n) is 25.4. The van der Waals surface area contributed by atoms with Crippen molar-refractivity contribution in [3.8, 4) is 0 Å². The molecule has 238 valence electrons. The molecule has 2 amide bonds. The minimum absolute atomic E-state index is 0.0275. The Kier molecular flexibility index (Phi) is 11.3. The number of hydrogen-bond acceptors (Lipinski definition) is 4. The quantitative estimate of drug-likeness (QED) is 0.185. The third kappa shape index (κ3) is 8.22. The highest BCUT2D eigenvalue weighted by Crippen LogP contribution is 2.29. The maximum atomic E-state index is 14.7. The van der Waals surface area contributed by atoms with E-state index in [4.69, 9.17) is 0 Å². The van der Waals surface area contributed by atoms with E-state index in [2.05, 4.69) is 31.9 Å². The van der Waals surface area contributed by atoms with Crippen LogP contribution in [0.4, 0.5) is 5.69 Å². The van der Waals surface area contributed by atoms with E-state index in [1.807, 2.05) is 91.9 Å². The van der Waals surface area contributed by atoms with Gasteiger partial charge in [-0.3, -0.25) is 9.59 Å². The van der Waals surface area contributed by atoms with Crippen molar-refractivity contribution < 1.29 is 18.0 Å². The smallest absolute Gasteiger partial charge is 0.254 e. The predicted octanol–water partition coefficient (Wildman–Crippen LogP) is 7.32. The Labute approximate surface area is 287 Å². The summed E-state index contributed by atoms with van der Waals surface area (Å²) in [4.78, 5) is 32.4. The second-order valence-electron chi connectivity index (χ2n) is 11.1. The summed E-state index contributed by atoms with van der Waals surface area (Å²) in [6.45, 7) is 2.39. The van der Waals surface area contributed by atoms with Crippen LogP contribution in [0.3, 0.4) is 0 Å². The fraction of sp³-hybridized carbons (Fsp3) is 0.222. The molecular weight excluding hydrogens is 730 g/mol. The zero-order chi connectivity index (χ0) is 32.7. The van der Waals surface area contributed by atoms with Crippen LogP contribution in [0.5, 0.6) is 0 Å². The van der Waals surface area contributed by atoms with Gasteiger partial charge in [0.15, 0.2) is 0 Å². The number of halogens is 2. The molecule has 10 heteroatoms. The molecule has 1 aliphatic rings. The van der Waals surface area contributed by atoms with Crippen molar-refractivity contribution in [1.29, 1.82) is 0 Å². The van der Waals surface area contributed by atoms with Gasteiger partial charge in [-0.05, 0) is 73.0 Å². The summed E-state index contributed by atoms with van der Waals surface area (Å²) in [5.74, 6) is -0.546. The predicted molar refractivity (Wildman–Crippen MR) is 189 cm³/mol. The summed E-state index contributed by atoms with van der Waals surface area (Å²) in [6.07, 6.45) is 3.99. The van der Waals surface area contributed by atoms with Gasteiger partial charge < -0.3 is 9.80 Å². The molecule has 0 aromatic heterocycles. The van der Waals surface area contributed by atoms with Gasteiger partial charge in [-0.1, -0.05) is 104 Å². The Bertz CT molecular complexity index is 1780. The normalized spacial score (nSPS) is 17.8. The van der Waals surface area contributed by atoms with Gasteiger partial charge in [0.2, 0.25) is 15.9 Å². The van der Waals surface area contributed by atoms with Crippen LogP contribution in [0, 0.1) is 6.92 Å². The van der Waals surface area contributed by atoms with E-state index < -0.39 is 16.1 Å². The van der Waals surface area contributed by atoms with Crippen molar-refractivity contribution in [2.75, 3.05) is 31.1 Å². The first-order valence-electron chi connectivity index (χ1n) is 15.0. The molecule has 1 aliphatic heterocycles. The summed E-state index contributed by atoms with van der Waals surface area (Å²) in [7, 11) is -3.89. The van der Waals surface area contributed by atoms with Crippen LogP contribution in [0.25, 0.3) is 0 Å². The maximum Gasteiger partial charge on any atom is 0.254 e. The molecule has 1 heterocycles. The lowest BCUT2D eigenvalue weighted by molar-refractivity contribution is -0.140. The number of hydrogen-bond donors (Lipinski definition) is 0. The molecule has 4 aromatic carbocycles. The molecule has 1 unspecified atom stereocenters. The standard InChI is InChI=1S/C36H35Br2N3O4S/c1-27-9-19-33(20-10-27)46(44,45)39-23-5-6-24-40(32-17-15-31(38)16-18-32)36(43)35(29-7-3-2-4-8-29)41(34(42)22-25-39)26-21-28-11-13-30(37)14-12-28/h2-20,35H,21-26H2,1H3/b6-5+. The van der Waals surface area contributed by atoms with E-state index in [-0.39, 0.29) is 49.3 Å². The average molecular weight is 766 g/mol. The number of amides is 2. The number of carbonyl (C=O) groups is 2. The van der Waals surface area contributed by atoms with Crippen LogP contribution in [0.15, 0.2) is 129 Å². The summed E-state index contributed by atoms with van der Waals surface area (Å²) in [5, 5.41) is 0. The first-order chi connectivity index (χ1) is 22.1. The largest absolute Gasteiger partial charge is 0.326 e. The van der Waals surface area contributed by atoms with Crippen LogP contribution < -0.4 is 4.90 Å². The fourth-order valence-corrected chi connectivity index (χ4v) is 7.31. The Balaban J connectivity index is 1.58. The number of sulfonamides is 1. The summed E-state index contributed by atoms with van der Waals surface area (Å²) >= 11 is 6.96. The van der Waals surface area contributed by atoms with Crippen LogP contribution in [0.1, 0.15) is 29.2 Å². The minimum atomic E-state index is -3.89. The molecule has 0 aliphatic carbocycles. The molecule has 7 nitrogen and oxygen atoms in total. The highest BCUT2D eigenvalue weighted by Gasteiger charge is 2.35. The topological polar surface area (TPSA) is 78.0 Å². The third-order valence-corrected chi connectivity index (χ3v) is 10.9. The van der Waals surface area contributed by atoms with Crippen molar-refractivity contribution in [2.45, 2.75) is 30.7 Å². The highest BCUT2D eigenvalue weighted by atomic mass is 79.9. The summed E-state index contributed by atoms with van der Waals surface area (Å²) < 4.78 is 30.7. The Morgan fingerprint density at radius 1 is 0.761 bits per heavy atom. The Morgan fingerprint density at radius 2 is 1.37 bits per heavy atom. The van der Waals surface area contributed by atoms with Gasteiger partial charge in [0.1, 0.15) is 6.04 Å². The number of benzene rings is 4. The molecule has 1 atom stereocenters. The first-order valence-corrected chi connectivity index (χ1v) is 18.0. The van der Waals surface area contributed by atoms with Gasteiger partial charge >= 0.3 is 0 Å². The molecule has 0 saturated carbocycles. The Morgan fingerprint density at radius 3 is 2.02 bits per heavy atom. The van der Waals surface area contributed by atoms with Crippen LogP contribution >= 0.6 is 31.9 Å². The molecule has 0 bridgehead atoms. The molecular formula is C36H35Br2N3O4S. The van der Waals surface area contributed by atoms with Crippen molar-refractivity contribution >= 4 is 59.4 Å². The second kappa shape index (κ2) is 15.3. The zero-order valence-corrected chi connectivity index (χ0v) is 29.4. The Hall–Kier alpha value is -3.57. The van der Waals surface area contributed by atoms with E-state index in [1.165, 1.54) is 4.31 Å². The van der Waals surface area contributed by atoms with Crippen molar-refractivity contribution in [1.82, 2.24) is 9.21 Å². The lowest BCUT2D eigenvalue weighted by Crippen LogP contribution is -2.47. The summed E-state index contributed by atoms with van der Waals surface area (Å²) in [6, 6.07) is 30.4. The third-order valence-electron chi connectivity index (χ3n) is 7.94. The van der Waals surface area contributed by atoms with E-state index in [1.54, 1.807) is 40.1 Å². The van der Waals surface area contributed by atoms with Gasteiger partial charge in [-0.2, -0.15) is 4.31 Å². The first kappa shape index (κ1) is 33.8. The highest BCUT2D eigenvalue weighted by molar-refractivity contribution is 9.10. The van der Waals surface area contributed by atoms with E-state index in [9.17, 15) is 18.0 Å². The van der Waals surface area contributed by atoms with Gasteiger partial charge in [-0.15, -0.1) is 0 Å². The number of anilines is 1. The lowest BCUT2D eigenvalue weighted by atomic mass is 10.0. The molecule has 0 radical (unpaired) electrons. The van der Waals surface area contributed by atoms with E-state index >= 15 is 0 Å². The SMILES string of the molecule is Cc1ccc(S(=O)(=O)N2C/C=C/CN(c3ccc(Br)cc3)C(=O)C(c3ccccc3)N(CCc3ccc(Br)cc3)C(=O)CC2)cc1. The molecule has 0 N–H and O–H groups in total. The van der Waals surface area contributed by atoms with Gasteiger partial charge in [0.05, 0.1) is 4.90 Å². The van der Waals surface area contributed by atoms with Crippen LogP contribution in [-0.2, 0) is 26.0 Å². The maximum absolute atomic E-state index is 14.7. The van der Waals surface area contributed by atoms with Crippen molar-refractivity contribution in [2.24, 2.45) is 0 Å². The molecule has 46 heavy (non-hydrogen) atoms. The van der Waals surface area contributed by atoms with Crippen molar-refractivity contribution in [3.63, 3.8) is 0 Å². The number of rotatable bonds is 7. The molecule has 0 fully saturated rings. The number of aryl methyl sites for hydroxylation is 1. The van der Waals surface area contributed by atoms with E-state index in [0.29, 0.717) is 17.7 Å². The minimum Gasteiger partial charge on any atom is -0.326 e. The summed E-state index contributed by atoms with van der Waals surface area (Å²) in [5.41, 5.74) is 3.32. The second-order valence-corrected chi connectivity index (χ2v) is 14.9. The van der Waals surface area contributed by atoms with Gasteiger partial charge in [0, 0.05) is 47.2 Å². The van der Waals surface area contributed by atoms with Gasteiger partial charge in [0.25, 0.3) is 5.91 Å². The number of nitrogens with zero attached hydrogens (tertiary/aromatic N) is 3. The fourth-order valence-electron chi connectivity index (χ4n) is 5.39. The van der Waals surface area contributed by atoms with Crippen LogP contribution in [-0.4, -0.2) is 55.6 Å². The lowest BCUT2D eigenvalue weighted by Gasteiger charge is -2.36. The van der Waals surface area contributed by atoms with E-state index in [0.717, 1.165) is 20.1 Å². The molecule has 0 spiro atoms. The number of carbonyl (C=O) groups excluding carboxylic acids is 2. The molecule has 4 aromatic rings. The molecule has 5 rings (SSSR count). The van der Waals surface area contributed by atoms with Crippen molar-refractivity contribution in [3.05, 3.63) is 141 Å². The average Bonchev–Trinajstić information content (AvgIpc) is 3.05. The van der Waals surface area contributed by atoms with Gasteiger partial charge in [-0.25, -0.2) is 8.42 Å². The van der Waals surface area contributed by atoms with Crippen LogP contribution in [0.2, 0.25) is 0 Å². The monoisotopic (exact) mass is 763 g/mol. The molecule has 0 saturated heterocycles.